The van der Waals surface area contributed by atoms with E-state index in [1.165, 1.54) is 4.57 Å². The lowest BCUT2D eigenvalue weighted by Gasteiger charge is -2.38. The molecule has 0 aliphatic carbocycles. The van der Waals surface area contributed by atoms with Crippen LogP contribution in [0.4, 0.5) is 5.82 Å². The van der Waals surface area contributed by atoms with Crippen LogP contribution in [0.5, 0.6) is 0 Å². The van der Waals surface area contributed by atoms with Crippen LogP contribution in [0.2, 0.25) is 18.1 Å². The zero-order valence-corrected chi connectivity index (χ0v) is 28.0. The second kappa shape index (κ2) is 14.0. The summed E-state index contributed by atoms with van der Waals surface area (Å²) < 4.78 is 29.1. The van der Waals surface area contributed by atoms with E-state index >= 15 is 0 Å². The van der Waals surface area contributed by atoms with Crippen molar-refractivity contribution in [1.29, 1.82) is 0 Å². The molecule has 10 nitrogen and oxygen atoms in total. The fraction of sp³-hybridized carbons (Fsp3) is 0.621. The fourth-order valence-corrected chi connectivity index (χ4v) is 7.00. The van der Waals surface area contributed by atoms with E-state index < -0.39 is 34.9 Å². The molecule has 0 spiro atoms. The Morgan fingerprint density at radius 2 is 1.80 bits per heavy atom. The maximum absolute atomic E-state index is 13.1. The van der Waals surface area contributed by atoms with Crippen molar-refractivity contribution in [3.8, 4) is 0 Å². The third-order valence-corrected chi connectivity index (χ3v) is 14.2. The summed E-state index contributed by atoms with van der Waals surface area (Å²) in [6, 6.07) is 10.8. The molecule has 1 amide bonds. The highest BCUT2D eigenvalue weighted by Gasteiger charge is 2.44. The molecule has 1 aliphatic rings. The predicted molar refractivity (Wildman–Crippen MR) is 165 cm³/mol. The molecule has 12 heteroatoms. The van der Waals surface area contributed by atoms with Gasteiger partial charge in [-0.15, -0.1) is 0 Å². The smallest absolute Gasteiger partial charge is 0.351 e. The van der Waals surface area contributed by atoms with Gasteiger partial charge in [0.2, 0.25) is 0 Å². The van der Waals surface area contributed by atoms with Crippen molar-refractivity contribution in [2.24, 2.45) is 0 Å². The monoisotopic (exact) mass is 606 g/mol. The Morgan fingerprint density at radius 3 is 2.34 bits per heavy atom. The Bertz CT molecular complexity index is 1200. The fourth-order valence-electron chi connectivity index (χ4n) is 4.40. The molecule has 0 saturated carbocycles. The molecule has 0 bridgehead atoms. The third kappa shape index (κ3) is 8.53. The number of amides is 1. The van der Waals surface area contributed by atoms with Gasteiger partial charge in [0.25, 0.3) is 14.4 Å². The third-order valence-electron chi connectivity index (χ3n) is 7.64. The predicted octanol–water partition coefficient (Wildman–Crippen LogP) is 6.18. The van der Waals surface area contributed by atoms with Crippen molar-refractivity contribution < 1.29 is 23.0 Å². The molecule has 1 unspecified atom stereocenters. The highest BCUT2D eigenvalue weighted by molar-refractivity contribution is 7.44. The zero-order chi connectivity index (χ0) is 30.5. The van der Waals surface area contributed by atoms with Crippen molar-refractivity contribution in [3.63, 3.8) is 0 Å². The molecule has 1 saturated heterocycles. The van der Waals surface area contributed by atoms with E-state index in [1.54, 1.807) is 43.6 Å². The van der Waals surface area contributed by atoms with Crippen molar-refractivity contribution >= 4 is 28.6 Å². The summed E-state index contributed by atoms with van der Waals surface area (Å²) in [6.45, 7) is 19.8. The van der Waals surface area contributed by atoms with Gasteiger partial charge >= 0.3 is 5.69 Å². The number of hydrogen-bond donors (Lipinski definition) is 1. The summed E-state index contributed by atoms with van der Waals surface area (Å²) in [6.07, 6.45) is 0.657. The zero-order valence-electron chi connectivity index (χ0n) is 26.1. The number of aromatic nitrogens is 2. The van der Waals surface area contributed by atoms with Crippen molar-refractivity contribution in [2.75, 3.05) is 19.0 Å². The average molecular weight is 607 g/mol. The molecular weight excluding hydrogens is 559 g/mol. The molecule has 1 aromatic carbocycles. The van der Waals surface area contributed by atoms with Gasteiger partial charge in [-0.05, 0) is 64.0 Å². The summed E-state index contributed by atoms with van der Waals surface area (Å²) >= 11 is 0. The van der Waals surface area contributed by atoms with Crippen LogP contribution in [0, 0.1) is 0 Å². The van der Waals surface area contributed by atoms with E-state index in [2.05, 4.69) is 76.5 Å². The van der Waals surface area contributed by atoms with E-state index in [9.17, 15) is 9.59 Å². The normalized spacial score (nSPS) is 20.7. The molecule has 1 N–H and O–H groups in total. The topological polar surface area (TPSA) is 104 Å². The lowest BCUT2D eigenvalue weighted by molar-refractivity contribution is -0.0409. The standard InChI is InChI=1S/C29H47N4O6PSi/c1-20(2)33(21(3)4)40(36-8)39-23-18-26(38-24(23)19-37-41(9,10)29(5,6)7)32-17-16-25(31-28(32)35)30-27(34)22-14-12-11-13-15-22/h11-17,20-21,23-24,26H,18-19H2,1-10H3,(H,30,31,34,35)/t23-,24+,26+,40?/m0/s1. The first kappa shape index (κ1) is 33.5. The van der Waals surface area contributed by atoms with Crippen molar-refractivity contribution in [3.05, 3.63) is 58.6 Å². The summed E-state index contributed by atoms with van der Waals surface area (Å²) in [5.74, 6) is -0.160. The molecule has 1 fully saturated rings. The van der Waals surface area contributed by atoms with E-state index in [-0.39, 0.29) is 35.0 Å². The summed E-state index contributed by atoms with van der Waals surface area (Å²) in [7, 11) is -1.78. The second-order valence-electron chi connectivity index (χ2n) is 12.4. The largest absolute Gasteiger partial charge is 0.414 e. The second-order valence-corrected chi connectivity index (χ2v) is 18.7. The first-order chi connectivity index (χ1) is 19.1. The van der Waals surface area contributed by atoms with Gasteiger partial charge in [-0.25, -0.2) is 9.46 Å². The van der Waals surface area contributed by atoms with Gasteiger partial charge in [-0.1, -0.05) is 39.0 Å². The number of nitrogens with zero attached hydrogens (tertiary/aromatic N) is 3. The number of hydrogen-bond acceptors (Lipinski definition) is 8. The number of carbonyl (C=O) groups is 1. The van der Waals surface area contributed by atoms with E-state index in [0.29, 0.717) is 18.6 Å². The SMILES string of the molecule is COP(O[C@H]1C[C@H](n2ccc(NC(=O)c3ccccc3)nc2=O)O[C@@H]1CO[Si](C)(C)C(C)(C)C)N(C(C)C)C(C)C. The first-order valence-corrected chi connectivity index (χ1v) is 18.2. The van der Waals surface area contributed by atoms with Crippen LogP contribution in [0.15, 0.2) is 47.4 Å². The molecule has 2 aromatic rings. The minimum atomic E-state index is -2.06. The summed E-state index contributed by atoms with van der Waals surface area (Å²) in [4.78, 5) is 29.7. The van der Waals surface area contributed by atoms with Crippen LogP contribution in [0.1, 0.15) is 71.5 Å². The lowest BCUT2D eigenvalue weighted by Crippen LogP contribution is -2.44. The maximum Gasteiger partial charge on any atom is 0.351 e. The number of benzene rings is 1. The van der Waals surface area contributed by atoms with Gasteiger partial charge in [-0.2, -0.15) is 4.98 Å². The Hall–Kier alpha value is -1.98. The molecule has 1 aromatic heterocycles. The van der Waals surface area contributed by atoms with Crippen LogP contribution in [-0.4, -0.2) is 66.5 Å². The molecule has 4 atom stereocenters. The number of anilines is 1. The van der Waals surface area contributed by atoms with Crippen molar-refractivity contribution in [2.45, 2.75) is 104 Å². The Morgan fingerprint density at radius 1 is 1.17 bits per heavy atom. The highest BCUT2D eigenvalue weighted by atomic mass is 31.2. The molecule has 0 radical (unpaired) electrons. The summed E-state index contributed by atoms with van der Waals surface area (Å²) in [5, 5.41) is 2.72. The lowest BCUT2D eigenvalue weighted by atomic mass is 10.2. The van der Waals surface area contributed by atoms with Gasteiger partial charge in [0.15, 0.2) is 8.32 Å². The minimum Gasteiger partial charge on any atom is -0.414 e. The average Bonchev–Trinajstić information content (AvgIpc) is 3.28. The number of rotatable bonds is 12. The number of nitrogens with one attached hydrogen (secondary N) is 1. The number of carbonyl (C=O) groups excluding carboxylic acids is 1. The Labute approximate surface area is 246 Å². The Kier molecular flexibility index (Phi) is 11.4. The van der Waals surface area contributed by atoms with E-state index in [4.69, 9.17) is 18.2 Å². The molecular formula is C29H47N4O6PSi. The maximum atomic E-state index is 13.1. The molecule has 41 heavy (non-hydrogen) atoms. The van der Waals surface area contributed by atoms with Gasteiger partial charge in [0, 0.05) is 37.4 Å². The van der Waals surface area contributed by atoms with Gasteiger partial charge in [0.1, 0.15) is 18.1 Å². The van der Waals surface area contributed by atoms with Crippen LogP contribution < -0.4 is 11.0 Å². The summed E-state index contributed by atoms with van der Waals surface area (Å²) in [5.41, 5.74) is -0.0424. The first-order valence-electron chi connectivity index (χ1n) is 14.2. The van der Waals surface area contributed by atoms with Gasteiger partial charge < -0.3 is 23.5 Å². The molecule has 3 rings (SSSR count). The quantitative estimate of drug-likeness (QED) is 0.226. The van der Waals surface area contributed by atoms with E-state index in [0.717, 1.165) is 0 Å². The van der Waals surface area contributed by atoms with Gasteiger partial charge in [0.05, 0.1) is 12.7 Å². The van der Waals surface area contributed by atoms with E-state index in [1.807, 2.05) is 6.07 Å². The molecule has 1 aliphatic heterocycles. The Balaban J connectivity index is 1.82. The van der Waals surface area contributed by atoms with Crippen LogP contribution >= 0.6 is 8.53 Å². The molecule has 228 valence electrons. The number of ether oxygens (including phenoxy) is 1. The van der Waals surface area contributed by atoms with Crippen molar-refractivity contribution in [1.82, 2.24) is 14.2 Å². The minimum absolute atomic E-state index is 0.0352. The molecule has 2 heterocycles. The van der Waals surface area contributed by atoms with Crippen LogP contribution in [0.25, 0.3) is 0 Å². The highest BCUT2D eigenvalue weighted by Crippen LogP contribution is 2.49. The van der Waals surface area contributed by atoms with Crippen LogP contribution in [-0.2, 0) is 18.2 Å². The van der Waals surface area contributed by atoms with Crippen LogP contribution in [0.3, 0.4) is 0 Å². The van der Waals surface area contributed by atoms with Gasteiger partial charge in [-0.3, -0.25) is 9.36 Å².